The van der Waals surface area contributed by atoms with Gasteiger partial charge >= 0.3 is 0 Å². The van der Waals surface area contributed by atoms with E-state index in [2.05, 4.69) is 5.32 Å². The molecule has 0 heterocycles. The third-order valence-corrected chi connectivity index (χ3v) is 3.95. The van der Waals surface area contributed by atoms with Crippen molar-refractivity contribution in [2.75, 3.05) is 11.9 Å². The number of ether oxygens (including phenoxy) is 1. The summed E-state index contributed by atoms with van der Waals surface area (Å²) in [5, 5.41) is 2.87. The molecule has 23 heavy (non-hydrogen) atoms. The lowest BCUT2D eigenvalue weighted by molar-refractivity contribution is -0.117. The van der Waals surface area contributed by atoms with Crippen LogP contribution in [0.5, 0.6) is 0 Å². The minimum atomic E-state index is -0.675. The summed E-state index contributed by atoms with van der Waals surface area (Å²) in [6.45, 7) is 1.40. The highest BCUT2D eigenvalue weighted by Crippen LogP contribution is 2.29. The maximum Gasteiger partial charge on any atom is 0.245 e. The third kappa shape index (κ3) is 4.65. The molecule has 0 saturated heterocycles. The van der Waals surface area contributed by atoms with E-state index in [9.17, 15) is 4.79 Å². The van der Waals surface area contributed by atoms with Crippen molar-refractivity contribution in [1.82, 2.24) is 0 Å². The number of rotatable bonds is 7. The first-order valence-electron chi connectivity index (χ1n) is 8.00. The van der Waals surface area contributed by atoms with Crippen LogP contribution in [0, 0.1) is 5.92 Å². The van der Waals surface area contributed by atoms with E-state index in [0.29, 0.717) is 6.61 Å². The van der Waals surface area contributed by atoms with E-state index in [0.717, 1.165) is 29.3 Å². The summed E-state index contributed by atoms with van der Waals surface area (Å²) in [6.07, 6.45) is 2.57. The van der Waals surface area contributed by atoms with E-state index in [1.54, 1.807) is 0 Å². The summed E-state index contributed by atoms with van der Waals surface area (Å²) >= 11 is 0. The maximum absolute atomic E-state index is 12.3. The van der Waals surface area contributed by atoms with Gasteiger partial charge in [-0.05, 0) is 42.0 Å². The Balaban J connectivity index is 1.57. The molecule has 1 aliphatic carbocycles. The van der Waals surface area contributed by atoms with Crippen LogP contribution in [-0.4, -0.2) is 12.5 Å². The molecule has 2 aromatic rings. The summed E-state index contributed by atoms with van der Waals surface area (Å²) < 4.78 is 5.68. The topological polar surface area (TPSA) is 64.4 Å². The number of carbonyl (C=O) groups excluding carboxylic acids is 1. The van der Waals surface area contributed by atoms with Gasteiger partial charge in [0, 0.05) is 12.3 Å². The van der Waals surface area contributed by atoms with Gasteiger partial charge in [0.25, 0.3) is 0 Å². The van der Waals surface area contributed by atoms with E-state index >= 15 is 0 Å². The highest BCUT2D eigenvalue weighted by Gasteiger charge is 2.21. The van der Waals surface area contributed by atoms with E-state index < -0.39 is 6.04 Å². The molecule has 1 saturated carbocycles. The summed E-state index contributed by atoms with van der Waals surface area (Å²) in [5.74, 6) is 0.536. The zero-order chi connectivity index (χ0) is 16.1. The fourth-order valence-corrected chi connectivity index (χ4v) is 2.40. The Morgan fingerprint density at radius 1 is 1.17 bits per heavy atom. The summed E-state index contributed by atoms with van der Waals surface area (Å²) in [5.41, 5.74) is 8.60. The zero-order valence-corrected chi connectivity index (χ0v) is 13.1. The van der Waals surface area contributed by atoms with Gasteiger partial charge in [-0.15, -0.1) is 0 Å². The first-order chi connectivity index (χ1) is 11.2. The normalized spacial score (nSPS) is 15.2. The lowest BCUT2D eigenvalue weighted by atomic mass is 10.1. The molecule has 1 aliphatic rings. The molecule has 1 atom stereocenters. The van der Waals surface area contributed by atoms with E-state index in [1.807, 2.05) is 54.6 Å². The van der Waals surface area contributed by atoms with Crippen LogP contribution >= 0.6 is 0 Å². The first kappa shape index (κ1) is 15.7. The standard InChI is InChI=1S/C19H22N2O2/c20-18(16-6-2-1-3-7-16)19(22)21-17-8-4-5-15(11-17)13-23-12-14-9-10-14/h1-8,11,14,18H,9-10,12-13,20H2,(H,21,22). The van der Waals surface area contributed by atoms with Crippen molar-refractivity contribution in [3.8, 4) is 0 Å². The van der Waals surface area contributed by atoms with Crippen LogP contribution in [0.15, 0.2) is 54.6 Å². The molecule has 0 radical (unpaired) electrons. The second-order valence-corrected chi connectivity index (χ2v) is 6.04. The number of hydrogen-bond donors (Lipinski definition) is 2. The number of amides is 1. The van der Waals surface area contributed by atoms with Gasteiger partial charge in [0.15, 0.2) is 0 Å². The Morgan fingerprint density at radius 3 is 2.70 bits per heavy atom. The molecule has 2 aromatic carbocycles. The Bertz CT molecular complexity index is 653. The molecule has 0 aromatic heterocycles. The molecule has 0 aliphatic heterocycles. The summed E-state index contributed by atoms with van der Waals surface area (Å²) in [4.78, 5) is 12.3. The number of nitrogens with one attached hydrogen (secondary N) is 1. The third-order valence-electron chi connectivity index (χ3n) is 3.95. The average Bonchev–Trinajstić information content (AvgIpc) is 3.39. The quantitative estimate of drug-likeness (QED) is 0.825. The molecule has 1 fully saturated rings. The van der Waals surface area contributed by atoms with Crippen molar-refractivity contribution in [2.24, 2.45) is 11.7 Å². The van der Waals surface area contributed by atoms with Crippen LogP contribution in [0.3, 0.4) is 0 Å². The fourth-order valence-electron chi connectivity index (χ4n) is 2.40. The average molecular weight is 310 g/mol. The molecule has 3 N–H and O–H groups in total. The van der Waals surface area contributed by atoms with Crippen LogP contribution in [0.1, 0.15) is 30.0 Å². The molecule has 1 amide bonds. The van der Waals surface area contributed by atoms with Gasteiger partial charge < -0.3 is 15.8 Å². The second kappa shape index (κ2) is 7.40. The van der Waals surface area contributed by atoms with Gasteiger partial charge in [-0.2, -0.15) is 0 Å². The number of benzene rings is 2. The minimum absolute atomic E-state index is 0.216. The number of anilines is 1. The van der Waals surface area contributed by atoms with E-state index in [-0.39, 0.29) is 5.91 Å². The van der Waals surface area contributed by atoms with Crippen LogP contribution < -0.4 is 11.1 Å². The minimum Gasteiger partial charge on any atom is -0.376 e. The van der Waals surface area contributed by atoms with Crippen LogP contribution in [-0.2, 0) is 16.1 Å². The number of carbonyl (C=O) groups is 1. The predicted octanol–water partition coefficient (Wildman–Crippen LogP) is 3.25. The second-order valence-electron chi connectivity index (χ2n) is 6.04. The molecule has 120 valence electrons. The largest absolute Gasteiger partial charge is 0.376 e. The number of nitrogens with two attached hydrogens (primary N) is 1. The van der Waals surface area contributed by atoms with Crippen molar-refractivity contribution in [3.05, 3.63) is 65.7 Å². The van der Waals surface area contributed by atoms with Crippen LogP contribution in [0.2, 0.25) is 0 Å². The smallest absolute Gasteiger partial charge is 0.245 e. The Hall–Kier alpha value is -2.17. The SMILES string of the molecule is NC(C(=O)Nc1cccc(COCC2CC2)c1)c1ccccc1. The highest BCUT2D eigenvalue weighted by molar-refractivity contribution is 5.95. The Morgan fingerprint density at radius 2 is 1.96 bits per heavy atom. The summed E-state index contributed by atoms with van der Waals surface area (Å²) in [7, 11) is 0. The van der Waals surface area contributed by atoms with E-state index in [1.165, 1.54) is 12.8 Å². The molecule has 1 unspecified atom stereocenters. The highest BCUT2D eigenvalue weighted by atomic mass is 16.5. The van der Waals surface area contributed by atoms with Gasteiger partial charge in [-0.3, -0.25) is 4.79 Å². The molecule has 4 nitrogen and oxygen atoms in total. The van der Waals surface area contributed by atoms with Crippen molar-refractivity contribution in [3.63, 3.8) is 0 Å². The Kier molecular flexibility index (Phi) is 5.05. The van der Waals surface area contributed by atoms with Crippen molar-refractivity contribution < 1.29 is 9.53 Å². The maximum atomic E-state index is 12.3. The van der Waals surface area contributed by atoms with Gasteiger partial charge in [-0.25, -0.2) is 0 Å². The van der Waals surface area contributed by atoms with Gasteiger partial charge in [0.1, 0.15) is 6.04 Å². The predicted molar refractivity (Wildman–Crippen MR) is 90.8 cm³/mol. The van der Waals surface area contributed by atoms with Crippen molar-refractivity contribution in [2.45, 2.75) is 25.5 Å². The lowest BCUT2D eigenvalue weighted by Crippen LogP contribution is -2.27. The lowest BCUT2D eigenvalue weighted by Gasteiger charge is -2.13. The monoisotopic (exact) mass is 310 g/mol. The molecule has 4 heteroatoms. The molecule has 0 bridgehead atoms. The molecular formula is C19H22N2O2. The van der Waals surface area contributed by atoms with Gasteiger partial charge in [0.05, 0.1) is 6.61 Å². The first-order valence-corrected chi connectivity index (χ1v) is 8.00. The van der Waals surface area contributed by atoms with Gasteiger partial charge in [0.2, 0.25) is 5.91 Å². The van der Waals surface area contributed by atoms with Crippen molar-refractivity contribution in [1.29, 1.82) is 0 Å². The van der Waals surface area contributed by atoms with Crippen molar-refractivity contribution >= 4 is 11.6 Å². The molecular weight excluding hydrogens is 288 g/mol. The van der Waals surface area contributed by atoms with E-state index in [4.69, 9.17) is 10.5 Å². The van der Waals surface area contributed by atoms with Gasteiger partial charge in [-0.1, -0.05) is 42.5 Å². The van der Waals surface area contributed by atoms with Crippen LogP contribution in [0.25, 0.3) is 0 Å². The number of hydrogen-bond acceptors (Lipinski definition) is 3. The summed E-state index contributed by atoms with van der Waals surface area (Å²) in [6, 6.07) is 16.4. The molecule has 3 rings (SSSR count). The van der Waals surface area contributed by atoms with Crippen LogP contribution in [0.4, 0.5) is 5.69 Å². The fraction of sp³-hybridized carbons (Fsp3) is 0.316. The Labute approximate surface area is 136 Å². The molecule has 0 spiro atoms. The zero-order valence-electron chi connectivity index (χ0n) is 13.1.